The molecule has 28 heavy (non-hydrogen) atoms. The molecule has 8 nitrogen and oxygen atoms in total. The number of piperidine rings is 1. The van der Waals surface area contributed by atoms with Crippen LogP contribution in [0.4, 0.5) is 5.82 Å². The largest absolute Gasteiger partial charge is 0.356 e. The number of carbonyl (C=O) groups is 2. The van der Waals surface area contributed by atoms with E-state index in [-0.39, 0.29) is 23.0 Å². The van der Waals surface area contributed by atoms with Gasteiger partial charge in [-0.15, -0.1) is 0 Å². The summed E-state index contributed by atoms with van der Waals surface area (Å²) < 4.78 is 1.80. The standard InChI is InChI=1S/C19H24N6O2S/c1-12-8-13(2)25(23-12)17-9-16(20-11-21-17)24-6-3-4-14(10-24)18(26)22-15-5-7-28-19(15)27/h8-9,11,14-15H,3-7,10H2,1-2H3,(H,22,26)/t14-,15-/m1/s1. The first-order valence-electron chi connectivity index (χ1n) is 9.59. The van der Waals surface area contributed by atoms with Crippen LogP contribution in [0.1, 0.15) is 30.7 Å². The third-order valence-corrected chi connectivity index (χ3v) is 6.24. The zero-order valence-corrected chi connectivity index (χ0v) is 16.9. The number of hydrogen-bond donors (Lipinski definition) is 1. The molecule has 1 N–H and O–H groups in total. The van der Waals surface area contributed by atoms with Crippen molar-refractivity contribution in [2.45, 2.75) is 39.2 Å². The van der Waals surface area contributed by atoms with Gasteiger partial charge in [-0.25, -0.2) is 14.6 Å². The molecule has 0 spiro atoms. The van der Waals surface area contributed by atoms with Crippen LogP contribution in [0.25, 0.3) is 5.82 Å². The molecule has 2 atom stereocenters. The highest BCUT2D eigenvalue weighted by Gasteiger charge is 2.32. The van der Waals surface area contributed by atoms with Gasteiger partial charge in [0, 0.05) is 30.6 Å². The number of nitrogens with one attached hydrogen (secondary N) is 1. The minimum Gasteiger partial charge on any atom is -0.356 e. The number of aromatic nitrogens is 4. The molecule has 0 radical (unpaired) electrons. The number of rotatable bonds is 4. The van der Waals surface area contributed by atoms with Crippen molar-refractivity contribution >= 4 is 28.6 Å². The molecular weight excluding hydrogens is 376 g/mol. The summed E-state index contributed by atoms with van der Waals surface area (Å²) in [7, 11) is 0. The van der Waals surface area contributed by atoms with E-state index in [1.54, 1.807) is 11.0 Å². The molecule has 2 saturated heterocycles. The Kier molecular flexibility index (Phi) is 5.34. The van der Waals surface area contributed by atoms with Crippen LogP contribution in [0.5, 0.6) is 0 Å². The molecule has 2 aromatic rings. The van der Waals surface area contributed by atoms with E-state index >= 15 is 0 Å². The highest BCUT2D eigenvalue weighted by molar-refractivity contribution is 8.14. The Balaban J connectivity index is 1.47. The van der Waals surface area contributed by atoms with Crippen molar-refractivity contribution in [1.29, 1.82) is 0 Å². The minimum atomic E-state index is -0.329. The highest BCUT2D eigenvalue weighted by atomic mass is 32.2. The van der Waals surface area contributed by atoms with Crippen LogP contribution in [-0.2, 0) is 9.59 Å². The van der Waals surface area contributed by atoms with Gasteiger partial charge in [0.05, 0.1) is 17.7 Å². The summed E-state index contributed by atoms with van der Waals surface area (Å²) in [6.45, 7) is 5.38. The fourth-order valence-corrected chi connectivity index (χ4v) is 4.74. The van der Waals surface area contributed by atoms with Crippen molar-refractivity contribution in [1.82, 2.24) is 25.1 Å². The van der Waals surface area contributed by atoms with E-state index in [1.165, 1.54) is 11.8 Å². The molecule has 4 rings (SSSR count). The van der Waals surface area contributed by atoms with E-state index in [1.807, 2.05) is 26.0 Å². The minimum absolute atomic E-state index is 0.0293. The lowest BCUT2D eigenvalue weighted by Crippen LogP contribution is -2.47. The third kappa shape index (κ3) is 3.89. The summed E-state index contributed by atoms with van der Waals surface area (Å²) in [5.74, 6) is 2.13. The molecule has 4 heterocycles. The maximum absolute atomic E-state index is 12.7. The maximum Gasteiger partial charge on any atom is 0.225 e. The van der Waals surface area contributed by atoms with Crippen LogP contribution < -0.4 is 10.2 Å². The predicted molar refractivity (Wildman–Crippen MR) is 108 cm³/mol. The van der Waals surface area contributed by atoms with E-state index in [9.17, 15) is 9.59 Å². The molecule has 2 aliphatic heterocycles. The Morgan fingerprint density at radius 3 is 2.75 bits per heavy atom. The molecule has 0 bridgehead atoms. The summed E-state index contributed by atoms with van der Waals surface area (Å²) in [4.78, 5) is 35.4. The van der Waals surface area contributed by atoms with Crippen LogP contribution in [0.15, 0.2) is 18.5 Å². The molecule has 148 valence electrons. The SMILES string of the molecule is Cc1cc(C)n(-c2cc(N3CCC[C@@H](C(=O)N[C@@H]4CCSC4=O)C3)ncn2)n1. The van der Waals surface area contributed by atoms with Crippen molar-refractivity contribution in [3.63, 3.8) is 0 Å². The van der Waals surface area contributed by atoms with Gasteiger partial charge in [-0.1, -0.05) is 11.8 Å². The predicted octanol–water partition coefficient (Wildman–Crippen LogP) is 1.64. The molecule has 9 heteroatoms. The number of thioether (sulfide) groups is 1. The summed E-state index contributed by atoms with van der Waals surface area (Å²) in [6, 6.07) is 3.59. The van der Waals surface area contributed by atoms with Crippen LogP contribution >= 0.6 is 11.8 Å². The quantitative estimate of drug-likeness (QED) is 0.834. The summed E-state index contributed by atoms with van der Waals surface area (Å²) in [5.41, 5.74) is 1.95. The van der Waals surface area contributed by atoms with Crippen molar-refractivity contribution in [3.8, 4) is 5.82 Å². The second kappa shape index (κ2) is 7.90. The van der Waals surface area contributed by atoms with Crippen molar-refractivity contribution in [2.75, 3.05) is 23.7 Å². The molecule has 2 aromatic heterocycles. The number of nitrogens with zero attached hydrogens (tertiary/aromatic N) is 5. The van der Waals surface area contributed by atoms with Gasteiger partial charge >= 0.3 is 0 Å². The van der Waals surface area contributed by atoms with E-state index < -0.39 is 0 Å². The van der Waals surface area contributed by atoms with E-state index in [0.29, 0.717) is 6.54 Å². The Morgan fingerprint density at radius 2 is 2.04 bits per heavy atom. The molecule has 2 aliphatic rings. The van der Waals surface area contributed by atoms with Gasteiger partial charge in [0.15, 0.2) is 5.82 Å². The molecular formula is C19H24N6O2S. The average molecular weight is 401 g/mol. The van der Waals surface area contributed by atoms with Crippen LogP contribution in [0, 0.1) is 19.8 Å². The first-order chi connectivity index (χ1) is 13.5. The Hall–Kier alpha value is -2.42. The summed E-state index contributed by atoms with van der Waals surface area (Å²) >= 11 is 1.30. The smallest absolute Gasteiger partial charge is 0.225 e. The summed E-state index contributed by atoms with van der Waals surface area (Å²) in [5, 5.41) is 7.49. The average Bonchev–Trinajstić information content (AvgIpc) is 3.26. The molecule has 0 aliphatic carbocycles. The van der Waals surface area contributed by atoms with Gasteiger partial charge in [-0.05, 0) is 39.2 Å². The van der Waals surface area contributed by atoms with Crippen LogP contribution in [0.3, 0.4) is 0 Å². The number of carbonyl (C=O) groups excluding carboxylic acids is 2. The lowest BCUT2D eigenvalue weighted by molar-refractivity contribution is -0.128. The van der Waals surface area contributed by atoms with E-state index in [4.69, 9.17) is 0 Å². The summed E-state index contributed by atoms with van der Waals surface area (Å²) in [6.07, 6.45) is 4.00. The Labute approximate surface area is 168 Å². The lowest BCUT2D eigenvalue weighted by Gasteiger charge is -2.33. The van der Waals surface area contributed by atoms with Gasteiger partial charge in [0.1, 0.15) is 12.1 Å². The Morgan fingerprint density at radius 1 is 1.21 bits per heavy atom. The topological polar surface area (TPSA) is 93.0 Å². The molecule has 2 fully saturated rings. The molecule has 0 saturated carbocycles. The zero-order valence-electron chi connectivity index (χ0n) is 16.1. The highest BCUT2D eigenvalue weighted by Crippen LogP contribution is 2.25. The number of aryl methyl sites for hydroxylation is 2. The van der Waals surface area contributed by atoms with Crippen molar-refractivity contribution < 1.29 is 9.59 Å². The van der Waals surface area contributed by atoms with Crippen LogP contribution in [0.2, 0.25) is 0 Å². The Bertz CT molecular complexity index is 898. The van der Waals surface area contributed by atoms with Crippen molar-refractivity contribution in [3.05, 3.63) is 29.8 Å². The fraction of sp³-hybridized carbons (Fsp3) is 0.526. The van der Waals surface area contributed by atoms with Crippen LogP contribution in [-0.4, -0.2) is 55.7 Å². The molecule has 0 unspecified atom stereocenters. The van der Waals surface area contributed by atoms with Gasteiger partial charge in [-0.2, -0.15) is 5.10 Å². The molecule has 1 amide bonds. The maximum atomic E-state index is 12.7. The first-order valence-corrected chi connectivity index (χ1v) is 10.6. The van der Waals surface area contributed by atoms with Gasteiger partial charge < -0.3 is 10.2 Å². The van der Waals surface area contributed by atoms with Gasteiger partial charge in [-0.3, -0.25) is 9.59 Å². The second-order valence-corrected chi connectivity index (χ2v) is 8.48. The fourth-order valence-electron chi connectivity index (χ4n) is 3.80. The van der Waals surface area contributed by atoms with E-state index in [0.717, 1.165) is 54.6 Å². The second-order valence-electron chi connectivity index (χ2n) is 7.38. The third-order valence-electron chi connectivity index (χ3n) is 5.23. The lowest BCUT2D eigenvalue weighted by atomic mass is 9.96. The number of anilines is 1. The van der Waals surface area contributed by atoms with Gasteiger partial charge in [0.25, 0.3) is 0 Å². The monoisotopic (exact) mass is 400 g/mol. The number of hydrogen-bond acceptors (Lipinski definition) is 7. The van der Waals surface area contributed by atoms with Crippen molar-refractivity contribution in [2.24, 2.45) is 5.92 Å². The first kappa shape index (κ1) is 18.9. The molecule has 0 aromatic carbocycles. The normalized spacial score (nSPS) is 22.5. The number of amides is 1. The van der Waals surface area contributed by atoms with E-state index in [2.05, 4.69) is 25.3 Å². The zero-order chi connectivity index (χ0) is 19.7. The van der Waals surface area contributed by atoms with Gasteiger partial charge in [0.2, 0.25) is 11.0 Å².